The minimum atomic E-state index is -0.944. The zero-order chi connectivity index (χ0) is 13.6. The van der Waals surface area contributed by atoms with E-state index in [0.717, 1.165) is 0 Å². The quantitative estimate of drug-likeness (QED) is 0.562. The van der Waals surface area contributed by atoms with Crippen molar-refractivity contribution >= 4 is 11.9 Å². The molecule has 0 spiro atoms. The number of amides is 1. The fraction of sp³-hybridized carbons (Fsp3) is 0.818. The van der Waals surface area contributed by atoms with Crippen LogP contribution in [0.1, 0.15) is 12.8 Å². The van der Waals surface area contributed by atoms with Crippen LogP contribution < -0.4 is 11.1 Å². The van der Waals surface area contributed by atoms with E-state index in [1.807, 2.05) is 0 Å². The highest BCUT2D eigenvalue weighted by Crippen LogP contribution is 2.30. The van der Waals surface area contributed by atoms with E-state index in [1.54, 1.807) is 0 Å². The third-order valence-corrected chi connectivity index (χ3v) is 3.19. The number of methoxy groups -OCH3 is 1. The van der Waals surface area contributed by atoms with Crippen LogP contribution in [0.4, 0.5) is 0 Å². The maximum atomic E-state index is 11.6. The summed E-state index contributed by atoms with van der Waals surface area (Å²) in [5.41, 5.74) is 4.61. The van der Waals surface area contributed by atoms with Crippen molar-refractivity contribution in [1.82, 2.24) is 5.32 Å². The Morgan fingerprint density at radius 2 is 2.11 bits per heavy atom. The van der Waals surface area contributed by atoms with Gasteiger partial charge in [0.1, 0.15) is 6.04 Å². The second kappa shape index (κ2) is 6.67. The molecule has 0 radical (unpaired) electrons. The van der Waals surface area contributed by atoms with E-state index in [0.29, 0.717) is 26.1 Å². The molecule has 1 aliphatic rings. The predicted molar refractivity (Wildman–Crippen MR) is 63.0 cm³/mol. The Morgan fingerprint density at radius 1 is 1.50 bits per heavy atom. The lowest BCUT2D eigenvalue weighted by molar-refractivity contribution is -0.154. The molecule has 0 aromatic heterocycles. The largest absolute Gasteiger partial charge is 0.481 e. The summed E-state index contributed by atoms with van der Waals surface area (Å²) < 4.78 is 9.91. The number of aliphatic carboxylic acids is 1. The first-order valence-corrected chi connectivity index (χ1v) is 5.85. The van der Waals surface area contributed by atoms with Crippen molar-refractivity contribution < 1.29 is 24.2 Å². The van der Waals surface area contributed by atoms with Gasteiger partial charge in [-0.05, 0) is 12.8 Å². The Bertz CT molecular complexity index is 302. The van der Waals surface area contributed by atoms with Gasteiger partial charge in [-0.25, -0.2) is 0 Å². The zero-order valence-electron chi connectivity index (χ0n) is 10.5. The molecule has 0 aromatic rings. The SMILES string of the molecule is COCC(N)C(=O)NCC1(C(=O)O)CCOCC1. The topological polar surface area (TPSA) is 111 Å². The number of carboxylic acids is 1. The molecule has 1 rings (SSSR count). The number of nitrogens with two attached hydrogens (primary N) is 1. The van der Waals surface area contributed by atoms with E-state index in [9.17, 15) is 14.7 Å². The maximum absolute atomic E-state index is 11.6. The van der Waals surface area contributed by atoms with Crippen LogP contribution in [0.3, 0.4) is 0 Å². The van der Waals surface area contributed by atoms with Crippen LogP contribution in [0.2, 0.25) is 0 Å². The standard InChI is InChI=1S/C11H20N2O5/c1-17-6-8(12)9(14)13-7-11(10(15)16)2-4-18-5-3-11/h8H,2-7,12H2,1H3,(H,13,14)(H,15,16). The Morgan fingerprint density at radius 3 is 2.61 bits per heavy atom. The number of carbonyl (C=O) groups excluding carboxylic acids is 1. The van der Waals surface area contributed by atoms with Gasteiger partial charge in [-0.15, -0.1) is 0 Å². The molecule has 0 aliphatic carbocycles. The number of ether oxygens (including phenoxy) is 2. The molecule has 1 saturated heterocycles. The van der Waals surface area contributed by atoms with Crippen molar-refractivity contribution in [3.63, 3.8) is 0 Å². The van der Waals surface area contributed by atoms with Crippen molar-refractivity contribution in [3.8, 4) is 0 Å². The predicted octanol–water partition coefficient (Wildman–Crippen LogP) is -1.04. The number of hydrogen-bond acceptors (Lipinski definition) is 5. The molecule has 7 nitrogen and oxygen atoms in total. The second-order valence-electron chi connectivity index (χ2n) is 4.48. The summed E-state index contributed by atoms with van der Waals surface area (Å²) in [6.07, 6.45) is 0.782. The summed E-state index contributed by atoms with van der Waals surface area (Å²) in [7, 11) is 1.45. The van der Waals surface area contributed by atoms with Crippen molar-refractivity contribution in [1.29, 1.82) is 0 Å². The molecule has 1 amide bonds. The monoisotopic (exact) mass is 260 g/mol. The fourth-order valence-corrected chi connectivity index (χ4v) is 1.87. The average Bonchev–Trinajstić information content (AvgIpc) is 2.37. The van der Waals surface area contributed by atoms with Gasteiger partial charge >= 0.3 is 5.97 Å². The zero-order valence-corrected chi connectivity index (χ0v) is 10.5. The van der Waals surface area contributed by atoms with Gasteiger partial charge in [-0.3, -0.25) is 9.59 Å². The first-order chi connectivity index (χ1) is 8.52. The lowest BCUT2D eigenvalue weighted by Crippen LogP contribution is -2.51. The van der Waals surface area contributed by atoms with Gasteiger partial charge in [-0.2, -0.15) is 0 Å². The Kier molecular flexibility index (Phi) is 5.52. The maximum Gasteiger partial charge on any atom is 0.311 e. The molecule has 1 fully saturated rings. The fourth-order valence-electron chi connectivity index (χ4n) is 1.87. The van der Waals surface area contributed by atoms with E-state index in [4.69, 9.17) is 15.2 Å². The second-order valence-corrected chi connectivity index (χ2v) is 4.48. The molecule has 7 heteroatoms. The smallest absolute Gasteiger partial charge is 0.311 e. The summed E-state index contributed by atoms with van der Waals surface area (Å²) in [5.74, 6) is -1.31. The number of carboxylic acid groups (broad SMARTS) is 1. The van der Waals surface area contributed by atoms with Crippen molar-refractivity contribution in [2.45, 2.75) is 18.9 Å². The molecule has 1 unspecified atom stereocenters. The molecule has 4 N–H and O–H groups in total. The third-order valence-electron chi connectivity index (χ3n) is 3.19. The highest BCUT2D eigenvalue weighted by Gasteiger charge is 2.40. The van der Waals surface area contributed by atoms with Crippen LogP contribution in [-0.2, 0) is 19.1 Å². The Hall–Kier alpha value is -1.18. The van der Waals surface area contributed by atoms with E-state index < -0.39 is 23.3 Å². The van der Waals surface area contributed by atoms with Crippen molar-refractivity contribution in [2.75, 3.05) is 33.5 Å². The first kappa shape index (κ1) is 14.9. The molecule has 104 valence electrons. The lowest BCUT2D eigenvalue weighted by Gasteiger charge is -2.33. The van der Waals surface area contributed by atoms with Gasteiger partial charge < -0.3 is 25.6 Å². The van der Waals surface area contributed by atoms with E-state index >= 15 is 0 Å². The number of carbonyl (C=O) groups is 2. The Labute approximate surface area is 106 Å². The van der Waals surface area contributed by atoms with E-state index in [2.05, 4.69) is 5.32 Å². The number of nitrogens with one attached hydrogen (secondary N) is 1. The van der Waals surface area contributed by atoms with Crippen LogP contribution in [-0.4, -0.2) is 56.5 Å². The van der Waals surface area contributed by atoms with Gasteiger partial charge in [0, 0.05) is 26.9 Å². The normalized spacial score (nSPS) is 20.1. The van der Waals surface area contributed by atoms with E-state index in [-0.39, 0.29) is 13.2 Å². The number of hydrogen-bond donors (Lipinski definition) is 3. The van der Waals surface area contributed by atoms with Crippen LogP contribution in [0.5, 0.6) is 0 Å². The summed E-state index contributed by atoms with van der Waals surface area (Å²) in [6.45, 7) is 0.968. The van der Waals surface area contributed by atoms with Crippen molar-refractivity contribution in [3.05, 3.63) is 0 Å². The van der Waals surface area contributed by atoms with Crippen LogP contribution in [0.15, 0.2) is 0 Å². The summed E-state index contributed by atoms with van der Waals surface area (Å²) in [4.78, 5) is 22.9. The molecule has 18 heavy (non-hydrogen) atoms. The molecular weight excluding hydrogens is 240 g/mol. The molecule has 1 aliphatic heterocycles. The van der Waals surface area contributed by atoms with Gasteiger partial charge in [0.2, 0.25) is 5.91 Å². The highest BCUT2D eigenvalue weighted by atomic mass is 16.5. The minimum absolute atomic E-state index is 0.0714. The molecule has 1 atom stereocenters. The third kappa shape index (κ3) is 3.66. The Balaban J connectivity index is 2.52. The molecule has 0 saturated carbocycles. The first-order valence-electron chi connectivity index (χ1n) is 5.85. The lowest BCUT2D eigenvalue weighted by atomic mass is 9.80. The van der Waals surface area contributed by atoms with Gasteiger partial charge in [0.25, 0.3) is 0 Å². The van der Waals surface area contributed by atoms with Crippen molar-refractivity contribution in [2.24, 2.45) is 11.1 Å². The summed E-state index contributed by atoms with van der Waals surface area (Å²) in [6, 6.07) is -0.777. The molecule has 0 bridgehead atoms. The minimum Gasteiger partial charge on any atom is -0.481 e. The molecule has 1 heterocycles. The van der Waals surface area contributed by atoms with Gasteiger partial charge in [0.15, 0.2) is 0 Å². The average molecular weight is 260 g/mol. The van der Waals surface area contributed by atoms with E-state index in [1.165, 1.54) is 7.11 Å². The van der Waals surface area contributed by atoms with Gasteiger partial charge in [0.05, 0.1) is 12.0 Å². The van der Waals surface area contributed by atoms with Gasteiger partial charge in [-0.1, -0.05) is 0 Å². The molecule has 0 aromatic carbocycles. The summed E-state index contributed by atoms with van der Waals surface area (Å²) >= 11 is 0. The number of rotatable bonds is 6. The van der Waals surface area contributed by atoms with Crippen LogP contribution in [0.25, 0.3) is 0 Å². The molecular formula is C11H20N2O5. The highest BCUT2D eigenvalue weighted by molar-refractivity contribution is 5.83. The van der Waals surface area contributed by atoms with Crippen LogP contribution >= 0.6 is 0 Å². The van der Waals surface area contributed by atoms with Crippen LogP contribution in [0, 0.1) is 5.41 Å². The summed E-state index contributed by atoms with van der Waals surface area (Å²) in [5, 5.41) is 11.9.